The average molecular weight is 236 g/mol. The maximum atomic E-state index is 5.35. The van der Waals surface area contributed by atoms with E-state index in [1.54, 1.807) is 7.11 Å². The van der Waals surface area contributed by atoms with Crippen LogP contribution in [0.4, 0.5) is 5.69 Å². The largest absolute Gasteiger partial charge is 0.495 e. The molecule has 0 saturated carbocycles. The number of benzene rings is 1. The molecular formula is C14H24N2O. The van der Waals surface area contributed by atoms with E-state index in [1.165, 1.54) is 0 Å². The number of rotatable bonds is 7. The van der Waals surface area contributed by atoms with E-state index in [0.717, 1.165) is 31.1 Å². The van der Waals surface area contributed by atoms with Crippen LogP contribution < -0.4 is 15.0 Å². The molecule has 96 valence electrons. The maximum Gasteiger partial charge on any atom is 0.142 e. The Kier molecular flexibility index (Phi) is 5.84. The third-order valence-corrected chi connectivity index (χ3v) is 2.67. The molecule has 1 rings (SSSR count). The van der Waals surface area contributed by atoms with Gasteiger partial charge >= 0.3 is 0 Å². The van der Waals surface area contributed by atoms with Crippen molar-refractivity contribution in [2.45, 2.75) is 13.8 Å². The Bertz CT molecular complexity index is 326. The highest BCUT2D eigenvalue weighted by atomic mass is 16.5. The summed E-state index contributed by atoms with van der Waals surface area (Å²) in [6.07, 6.45) is 0. The Balaban J connectivity index is 2.43. The number of hydrogen-bond acceptors (Lipinski definition) is 3. The number of hydrogen-bond donors (Lipinski definition) is 1. The first-order valence-corrected chi connectivity index (χ1v) is 6.20. The molecule has 0 radical (unpaired) electrons. The van der Waals surface area contributed by atoms with Gasteiger partial charge in [0, 0.05) is 20.1 Å². The van der Waals surface area contributed by atoms with Crippen LogP contribution in [0.5, 0.6) is 5.75 Å². The third-order valence-electron chi connectivity index (χ3n) is 2.67. The van der Waals surface area contributed by atoms with Gasteiger partial charge in [0.15, 0.2) is 0 Å². The minimum Gasteiger partial charge on any atom is -0.495 e. The Morgan fingerprint density at radius 3 is 2.65 bits per heavy atom. The molecule has 1 aromatic carbocycles. The van der Waals surface area contributed by atoms with Crippen LogP contribution in [0.25, 0.3) is 0 Å². The molecule has 0 aliphatic heterocycles. The zero-order valence-corrected chi connectivity index (χ0v) is 11.4. The van der Waals surface area contributed by atoms with Gasteiger partial charge < -0.3 is 15.0 Å². The smallest absolute Gasteiger partial charge is 0.142 e. The summed E-state index contributed by atoms with van der Waals surface area (Å²) in [5.74, 6) is 1.63. The quantitative estimate of drug-likeness (QED) is 0.736. The zero-order valence-electron chi connectivity index (χ0n) is 11.4. The lowest BCUT2D eigenvalue weighted by Gasteiger charge is -2.22. The molecule has 0 fully saturated rings. The second kappa shape index (κ2) is 7.17. The fourth-order valence-electron chi connectivity index (χ4n) is 1.70. The number of likely N-dealkylation sites (N-methyl/N-ethyl adjacent to an activating group) is 1. The van der Waals surface area contributed by atoms with Crippen LogP contribution in [0, 0.1) is 5.92 Å². The highest BCUT2D eigenvalue weighted by molar-refractivity contribution is 5.57. The van der Waals surface area contributed by atoms with Crippen LogP contribution in [0.1, 0.15) is 13.8 Å². The molecule has 0 aliphatic carbocycles. The number of nitrogens with zero attached hydrogens (tertiary/aromatic N) is 1. The summed E-state index contributed by atoms with van der Waals surface area (Å²) in [6.45, 7) is 7.48. The number of methoxy groups -OCH3 is 1. The molecular weight excluding hydrogens is 212 g/mol. The van der Waals surface area contributed by atoms with Crippen molar-refractivity contribution in [3.8, 4) is 5.75 Å². The molecule has 0 unspecified atom stereocenters. The Hall–Kier alpha value is -1.22. The van der Waals surface area contributed by atoms with Gasteiger partial charge in [0.2, 0.25) is 0 Å². The molecule has 1 N–H and O–H groups in total. The molecule has 0 amide bonds. The molecule has 0 spiro atoms. The van der Waals surface area contributed by atoms with Crippen molar-refractivity contribution in [2.75, 3.05) is 38.7 Å². The number of anilines is 1. The molecule has 0 heterocycles. The van der Waals surface area contributed by atoms with Gasteiger partial charge in [-0.1, -0.05) is 26.0 Å². The molecule has 0 aliphatic rings. The predicted molar refractivity (Wildman–Crippen MR) is 74.0 cm³/mol. The van der Waals surface area contributed by atoms with E-state index in [-0.39, 0.29) is 0 Å². The highest BCUT2D eigenvalue weighted by Gasteiger charge is 2.06. The lowest BCUT2D eigenvalue weighted by atomic mass is 10.2. The molecule has 0 bridgehead atoms. The summed E-state index contributed by atoms with van der Waals surface area (Å²) in [5, 5.41) is 3.44. The summed E-state index contributed by atoms with van der Waals surface area (Å²) < 4.78 is 5.35. The first kappa shape index (κ1) is 13.8. The van der Waals surface area contributed by atoms with Gasteiger partial charge in [-0.25, -0.2) is 0 Å². The van der Waals surface area contributed by atoms with Gasteiger partial charge in [-0.15, -0.1) is 0 Å². The van der Waals surface area contributed by atoms with Crippen molar-refractivity contribution in [3.63, 3.8) is 0 Å². The molecule has 1 aromatic rings. The van der Waals surface area contributed by atoms with Gasteiger partial charge in [-0.05, 0) is 24.6 Å². The monoisotopic (exact) mass is 236 g/mol. The third kappa shape index (κ3) is 4.65. The van der Waals surface area contributed by atoms with Crippen LogP contribution in [-0.2, 0) is 0 Å². The normalized spacial score (nSPS) is 10.6. The lowest BCUT2D eigenvalue weighted by Crippen LogP contribution is -2.31. The van der Waals surface area contributed by atoms with Gasteiger partial charge in [0.1, 0.15) is 5.75 Å². The van der Waals surface area contributed by atoms with Crippen molar-refractivity contribution >= 4 is 5.69 Å². The molecule has 3 heteroatoms. The summed E-state index contributed by atoms with van der Waals surface area (Å²) in [4.78, 5) is 2.21. The SMILES string of the molecule is COc1ccccc1N(C)CCNCC(C)C. The standard InChI is InChI=1S/C14H24N2O/c1-12(2)11-15-9-10-16(3)13-7-5-6-8-14(13)17-4/h5-8,12,15H,9-11H2,1-4H3. The second-order valence-electron chi connectivity index (χ2n) is 4.69. The molecule has 0 aromatic heterocycles. The van der Waals surface area contributed by atoms with Crippen molar-refractivity contribution < 1.29 is 4.74 Å². The molecule has 3 nitrogen and oxygen atoms in total. The van der Waals surface area contributed by atoms with E-state index in [2.05, 4.69) is 37.2 Å². The zero-order chi connectivity index (χ0) is 12.7. The topological polar surface area (TPSA) is 24.5 Å². The first-order chi connectivity index (χ1) is 8.15. The van der Waals surface area contributed by atoms with Crippen molar-refractivity contribution in [3.05, 3.63) is 24.3 Å². The minimum absolute atomic E-state index is 0.701. The first-order valence-electron chi connectivity index (χ1n) is 6.20. The van der Waals surface area contributed by atoms with Gasteiger partial charge in [-0.2, -0.15) is 0 Å². The van der Waals surface area contributed by atoms with Crippen LogP contribution in [0.2, 0.25) is 0 Å². The van der Waals surface area contributed by atoms with Crippen LogP contribution in [-0.4, -0.2) is 33.8 Å². The molecule has 0 saturated heterocycles. The van der Waals surface area contributed by atoms with E-state index in [0.29, 0.717) is 5.92 Å². The number of nitrogens with one attached hydrogen (secondary N) is 1. The average Bonchev–Trinajstić information content (AvgIpc) is 2.34. The molecule has 17 heavy (non-hydrogen) atoms. The van der Waals surface area contributed by atoms with Crippen molar-refractivity contribution in [1.82, 2.24) is 5.32 Å². The number of ether oxygens (including phenoxy) is 1. The fraction of sp³-hybridized carbons (Fsp3) is 0.571. The predicted octanol–water partition coefficient (Wildman–Crippen LogP) is 2.38. The van der Waals surface area contributed by atoms with Gasteiger partial charge in [0.05, 0.1) is 12.8 Å². The Morgan fingerprint density at radius 2 is 2.00 bits per heavy atom. The lowest BCUT2D eigenvalue weighted by molar-refractivity contribution is 0.414. The van der Waals surface area contributed by atoms with Gasteiger partial charge in [-0.3, -0.25) is 0 Å². The second-order valence-corrected chi connectivity index (χ2v) is 4.69. The fourth-order valence-corrected chi connectivity index (χ4v) is 1.70. The Morgan fingerprint density at radius 1 is 1.29 bits per heavy atom. The summed E-state index contributed by atoms with van der Waals surface area (Å²) in [6, 6.07) is 8.11. The maximum absolute atomic E-state index is 5.35. The van der Waals surface area contributed by atoms with Crippen LogP contribution >= 0.6 is 0 Å². The van der Waals surface area contributed by atoms with Crippen LogP contribution in [0.15, 0.2) is 24.3 Å². The van der Waals surface area contributed by atoms with E-state index < -0.39 is 0 Å². The summed E-state index contributed by atoms with van der Waals surface area (Å²) in [7, 11) is 3.80. The van der Waals surface area contributed by atoms with E-state index in [4.69, 9.17) is 4.74 Å². The minimum atomic E-state index is 0.701. The van der Waals surface area contributed by atoms with Crippen molar-refractivity contribution in [1.29, 1.82) is 0 Å². The number of para-hydroxylation sites is 2. The Labute approximate surface area is 105 Å². The van der Waals surface area contributed by atoms with E-state index in [1.807, 2.05) is 18.2 Å². The molecule has 0 atom stereocenters. The van der Waals surface area contributed by atoms with Crippen molar-refractivity contribution in [2.24, 2.45) is 5.92 Å². The summed E-state index contributed by atoms with van der Waals surface area (Å²) >= 11 is 0. The van der Waals surface area contributed by atoms with E-state index >= 15 is 0 Å². The van der Waals surface area contributed by atoms with E-state index in [9.17, 15) is 0 Å². The van der Waals surface area contributed by atoms with Gasteiger partial charge in [0.25, 0.3) is 0 Å². The van der Waals surface area contributed by atoms with Crippen LogP contribution in [0.3, 0.4) is 0 Å². The highest BCUT2D eigenvalue weighted by Crippen LogP contribution is 2.25. The summed E-state index contributed by atoms with van der Waals surface area (Å²) in [5.41, 5.74) is 1.14.